The van der Waals surface area contributed by atoms with Gasteiger partial charge in [-0.05, 0) is 73.0 Å². The monoisotopic (exact) mass is 526 g/mol. The molecule has 0 aliphatic heterocycles. The SMILES string of the molecule is CCOc1ccccc1NC(=O)N(CCc1ccccc1)c1ccc(Sc2ccc(CC(=O)O)cc2)cc1. The first-order valence-corrected chi connectivity index (χ1v) is 13.3. The highest BCUT2D eigenvalue weighted by Crippen LogP contribution is 2.30. The van der Waals surface area contributed by atoms with E-state index in [1.54, 1.807) is 16.7 Å². The number of hydrogen-bond donors (Lipinski definition) is 2. The quantitative estimate of drug-likeness (QED) is 0.217. The minimum Gasteiger partial charge on any atom is -0.492 e. The van der Waals surface area contributed by atoms with Crippen LogP contribution < -0.4 is 15.0 Å². The zero-order chi connectivity index (χ0) is 26.7. The average molecular weight is 527 g/mol. The number of aliphatic carboxylic acids is 1. The minimum atomic E-state index is -0.844. The van der Waals surface area contributed by atoms with Crippen LogP contribution in [0.4, 0.5) is 16.2 Å². The van der Waals surface area contributed by atoms with Gasteiger partial charge in [0.05, 0.1) is 18.7 Å². The largest absolute Gasteiger partial charge is 0.492 e. The molecule has 0 saturated carbocycles. The number of benzene rings is 4. The topological polar surface area (TPSA) is 78.9 Å². The molecular weight excluding hydrogens is 496 g/mol. The first-order chi connectivity index (χ1) is 18.5. The Hall–Kier alpha value is -4.23. The number of hydrogen-bond acceptors (Lipinski definition) is 4. The van der Waals surface area contributed by atoms with Crippen molar-refractivity contribution in [1.29, 1.82) is 0 Å². The van der Waals surface area contributed by atoms with E-state index in [-0.39, 0.29) is 12.5 Å². The zero-order valence-corrected chi connectivity index (χ0v) is 22.0. The summed E-state index contributed by atoms with van der Waals surface area (Å²) in [6.45, 7) is 2.92. The average Bonchev–Trinajstić information content (AvgIpc) is 2.92. The van der Waals surface area contributed by atoms with Gasteiger partial charge in [-0.2, -0.15) is 0 Å². The Balaban J connectivity index is 1.50. The third-order valence-electron chi connectivity index (χ3n) is 5.80. The van der Waals surface area contributed by atoms with Crippen LogP contribution in [-0.2, 0) is 17.6 Å². The second-order valence-electron chi connectivity index (χ2n) is 8.56. The highest BCUT2D eigenvalue weighted by molar-refractivity contribution is 7.99. The molecule has 2 N–H and O–H groups in total. The summed E-state index contributed by atoms with van der Waals surface area (Å²) < 4.78 is 5.69. The molecule has 38 heavy (non-hydrogen) atoms. The van der Waals surface area contributed by atoms with Crippen molar-refractivity contribution in [2.24, 2.45) is 0 Å². The number of anilines is 2. The lowest BCUT2D eigenvalue weighted by Crippen LogP contribution is -2.36. The van der Waals surface area contributed by atoms with Gasteiger partial charge in [-0.25, -0.2) is 4.79 Å². The molecule has 0 aromatic heterocycles. The van der Waals surface area contributed by atoms with E-state index in [0.29, 0.717) is 31.0 Å². The number of ether oxygens (including phenoxy) is 1. The summed E-state index contributed by atoms with van der Waals surface area (Å²) in [5, 5.41) is 12.0. The van der Waals surface area contributed by atoms with E-state index in [9.17, 15) is 9.59 Å². The molecule has 0 unspecified atom stereocenters. The fraction of sp³-hybridized carbons (Fsp3) is 0.161. The molecule has 194 valence electrons. The Morgan fingerprint density at radius 3 is 2.11 bits per heavy atom. The van der Waals surface area contributed by atoms with Crippen LogP contribution in [0.15, 0.2) is 113 Å². The lowest BCUT2D eigenvalue weighted by Gasteiger charge is -2.24. The number of urea groups is 1. The second-order valence-corrected chi connectivity index (χ2v) is 9.70. The maximum atomic E-state index is 13.5. The van der Waals surface area contributed by atoms with Crippen molar-refractivity contribution in [3.05, 3.63) is 114 Å². The third-order valence-corrected chi connectivity index (χ3v) is 6.82. The third kappa shape index (κ3) is 7.63. The van der Waals surface area contributed by atoms with E-state index in [1.165, 1.54) is 0 Å². The van der Waals surface area contributed by atoms with Crippen LogP contribution in [0.2, 0.25) is 0 Å². The number of nitrogens with one attached hydrogen (secondary N) is 1. The summed E-state index contributed by atoms with van der Waals surface area (Å²) in [6.07, 6.45) is 0.718. The molecule has 0 spiro atoms. The lowest BCUT2D eigenvalue weighted by atomic mass is 10.1. The zero-order valence-electron chi connectivity index (χ0n) is 21.2. The molecule has 7 heteroatoms. The van der Waals surface area contributed by atoms with Crippen molar-refractivity contribution in [1.82, 2.24) is 0 Å². The van der Waals surface area contributed by atoms with Crippen LogP contribution in [0.3, 0.4) is 0 Å². The molecule has 0 aliphatic rings. The first kappa shape index (κ1) is 26.8. The van der Waals surface area contributed by atoms with Gasteiger partial charge in [0.15, 0.2) is 0 Å². The molecule has 4 aromatic rings. The van der Waals surface area contributed by atoms with Crippen molar-refractivity contribution in [3.63, 3.8) is 0 Å². The van der Waals surface area contributed by atoms with Crippen LogP contribution in [0.25, 0.3) is 0 Å². The smallest absolute Gasteiger partial charge is 0.326 e. The van der Waals surface area contributed by atoms with Gasteiger partial charge in [0.2, 0.25) is 0 Å². The normalized spacial score (nSPS) is 10.6. The van der Waals surface area contributed by atoms with Crippen molar-refractivity contribution >= 4 is 35.1 Å². The van der Waals surface area contributed by atoms with Gasteiger partial charge in [0.1, 0.15) is 5.75 Å². The van der Waals surface area contributed by atoms with Gasteiger partial charge in [-0.1, -0.05) is 66.4 Å². The maximum Gasteiger partial charge on any atom is 0.326 e. The van der Waals surface area contributed by atoms with Gasteiger partial charge in [-0.15, -0.1) is 0 Å². The Kier molecular flexibility index (Phi) is 9.43. The number of amides is 2. The molecule has 0 fully saturated rings. The van der Waals surface area contributed by atoms with E-state index in [0.717, 1.165) is 26.6 Å². The fourth-order valence-electron chi connectivity index (χ4n) is 3.95. The van der Waals surface area contributed by atoms with Gasteiger partial charge in [-0.3, -0.25) is 9.69 Å². The molecule has 0 saturated heterocycles. The van der Waals surface area contributed by atoms with Crippen LogP contribution in [0.5, 0.6) is 5.75 Å². The predicted octanol–water partition coefficient (Wildman–Crippen LogP) is 7.14. The van der Waals surface area contributed by atoms with Crippen molar-refractivity contribution in [2.45, 2.75) is 29.6 Å². The summed E-state index contributed by atoms with van der Waals surface area (Å²) in [4.78, 5) is 28.2. The maximum absolute atomic E-state index is 13.5. The van der Waals surface area contributed by atoms with Crippen molar-refractivity contribution < 1.29 is 19.4 Å². The number of rotatable bonds is 11. The van der Waals surface area contributed by atoms with Crippen molar-refractivity contribution in [3.8, 4) is 5.75 Å². The summed E-state index contributed by atoms with van der Waals surface area (Å²) in [7, 11) is 0. The van der Waals surface area contributed by atoms with Gasteiger partial charge in [0.25, 0.3) is 0 Å². The molecule has 6 nitrogen and oxygen atoms in total. The molecule has 4 rings (SSSR count). The predicted molar refractivity (Wildman–Crippen MR) is 152 cm³/mol. The highest BCUT2D eigenvalue weighted by atomic mass is 32.2. The van der Waals surface area contributed by atoms with Crippen LogP contribution in [-0.4, -0.2) is 30.3 Å². The fourth-order valence-corrected chi connectivity index (χ4v) is 4.76. The van der Waals surface area contributed by atoms with Crippen LogP contribution >= 0.6 is 11.8 Å². The molecule has 0 atom stereocenters. The number of carboxylic acids is 1. The molecule has 2 amide bonds. The number of carbonyl (C=O) groups excluding carboxylic acids is 1. The van der Waals surface area contributed by atoms with E-state index in [4.69, 9.17) is 9.84 Å². The molecule has 0 radical (unpaired) electrons. The van der Waals surface area contributed by atoms with E-state index in [2.05, 4.69) is 17.4 Å². The Labute approximate surface area is 227 Å². The second kappa shape index (κ2) is 13.4. The molecule has 0 heterocycles. The lowest BCUT2D eigenvalue weighted by molar-refractivity contribution is -0.136. The van der Waals surface area contributed by atoms with E-state index in [1.807, 2.05) is 97.9 Å². The number of para-hydroxylation sites is 2. The Morgan fingerprint density at radius 2 is 1.45 bits per heavy atom. The van der Waals surface area contributed by atoms with Gasteiger partial charge < -0.3 is 15.2 Å². The molecule has 4 aromatic carbocycles. The summed E-state index contributed by atoms with van der Waals surface area (Å²) >= 11 is 1.58. The van der Waals surface area contributed by atoms with E-state index >= 15 is 0 Å². The first-order valence-electron chi connectivity index (χ1n) is 12.4. The summed E-state index contributed by atoms with van der Waals surface area (Å²) in [5.41, 5.74) is 3.33. The standard InChI is InChI=1S/C31H30N2O4S/c1-2-37-29-11-7-6-10-28(29)32-31(36)33(21-20-23-8-4-3-5-9-23)25-14-18-27(19-15-25)38-26-16-12-24(13-17-26)22-30(34)35/h3-19H,2,20-22H2,1H3,(H,32,36)(H,34,35). The number of nitrogens with zero attached hydrogens (tertiary/aromatic N) is 1. The Morgan fingerprint density at radius 1 is 0.816 bits per heavy atom. The molecule has 0 aliphatic carbocycles. The highest BCUT2D eigenvalue weighted by Gasteiger charge is 2.18. The van der Waals surface area contributed by atoms with Crippen LogP contribution in [0, 0.1) is 0 Å². The summed E-state index contributed by atoms with van der Waals surface area (Å²) in [6, 6.07) is 32.7. The molecule has 0 bridgehead atoms. The van der Waals surface area contributed by atoms with Gasteiger partial charge in [0, 0.05) is 22.0 Å². The Bertz CT molecular complexity index is 1340. The minimum absolute atomic E-state index is 0.00949. The number of carboxylic acid groups (broad SMARTS) is 1. The molecular formula is C31H30N2O4S. The van der Waals surface area contributed by atoms with Gasteiger partial charge >= 0.3 is 12.0 Å². The summed E-state index contributed by atoms with van der Waals surface area (Å²) in [5.74, 6) is -0.212. The van der Waals surface area contributed by atoms with Crippen molar-refractivity contribution in [2.75, 3.05) is 23.4 Å². The van der Waals surface area contributed by atoms with E-state index < -0.39 is 5.97 Å². The van der Waals surface area contributed by atoms with Crippen LogP contribution in [0.1, 0.15) is 18.1 Å². The number of carbonyl (C=O) groups is 2.